The van der Waals surface area contributed by atoms with Gasteiger partial charge in [-0.2, -0.15) is 5.10 Å². The fraction of sp³-hybridized carbons (Fsp3) is 0.125. The van der Waals surface area contributed by atoms with Crippen LogP contribution in [0.5, 0.6) is 0 Å². The molecule has 24 heavy (non-hydrogen) atoms. The van der Waals surface area contributed by atoms with Gasteiger partial charge in [0.25, 0.3) is 0 Å². The quantitative estimate of drug-likeness (QED) is 0.368. The Morgan fingerprint density at radius 2 is 1.67 bits per heavy atom. The van der Waals surface area contributed by atoms with Crippen molar-refractivity contribution >= 4 is 49.7 Å². The maximum Gasteiger partial charge on any atom is 0.186 e. The third-order valence-corrected chi connectivity index (χ3v) is 5.36. The van der Waals surface area contributed by atoms with E-state index in [-0.39, 0.29) is 15.7 Å². The van der Waals surface area contributed by atoms with E-state index in [1.807, 2.05) is 0 Å². The summed E-state index contributed by atoms with van der Waals surface area (Å²) in [5.74, 6) is -0.185. The Hall–Kier alpha value is -1.83. The summed E-state index contributed by atoms with van der Waals surface area (Å²) in [6, 6.07) is 13.2. The van der Waals surface area contributed by atoms with Crippen LogP contribution in [0.25, 0.3) is 0 Å². The number of sulfone groups is 1. The van der Waals surface area contributed by atoms with Gasteiger partial charge in [0.1, 0.15) is 0 Å². The lowest BCUT2D eigenvalue weighted by atomic mass is 10.3. The molecule has 0 radical (unpaired) electrons. The Morgan fingerprint density at radius 1 is 1.08 bits per heavy atom. The van der Waals surface area contributed by atoms with Gasteiger partial charge >= 0.3 is 0 Å². The average Bonchev–Trinajstić information content (AvgIpc) is 2.52. The Kier molecular flexibility index (Phi) is 6.04. The first-order chi connectivity index (χ1) is 11.3. The molecule has 0 fully saturated rings. The van der Waals surface area contributed by atoms with Gasteiger partial charge in [0.2, 0.25) is 0 Å². The average molecular weight is 383 g/mol. The molecule has 0 bridgehead atoms. The number of carbonyl (C=O) groups is 1. The van der Waals surface area contributed by atoms with Crippen molar-refractivity contribution in [1.82, 2.24) is 0 Å². The number of Topliss-reactive ketones (excluding diaryl/α,β-unsaturated/α-hetero) is 1. The molecular weight excluding hydrogens is 368 g/mol. The number of rotatable bonds is 5. The van der Waals surface area contributed by atoms with Crippen molar-refractivity contribution in [2.45, 2.75) is 16.7 Å². The molecule has 0 unspecified atom stereocenters. The van der Waals surface area contributed by atoms with Crippen molar-refractivity contribution in [3.63, 3.8) is 0 Å². The molecule has 2 aromatic rings. The molecule has 5 nitrogen and oxygen atoms in total. The second-order valence-electron chi connectivity index (χ2n) is 4.94. The lowest BCUT2D eigenvalue weighted by Gasteiger charge is -2.06. The molecule has 0 aromatic heterocycles. The van der Waals surface area contributed by atoms with E-state index in [2.05, 4.69) is 10.5 Å². The summed E-state index contributed by atoms with van der Waals surface area (Å²) in [5, 5.41) is 5.00. The highest BCUT2D eigenvalue weighted by Crippen LogP contribution is 2.22. The molecule has 0 atom stereocenters. The number of benzene rings is 2. The van der Waals surface area contributed by atoms with Crippen LogP contribution in [-0.4, -0.2) is 25.5 Å². The van der Waals surface area contributed by atoms with Crippen molar-refractivity contribution in [2.24, 2.45) is 5.10 Å². The first kappa shape index (κ1) is 18.5. The van der Waals surface area contributed by atoms with Gasteiger partial charge in [-0.25, -0.2) is 8.42 Å². The van der Waals surface area contributed by atoms with Crippen molar-refractivity contribution in [3.05, 3.63) is 53.6 Å². The Balaban J connectivity index is 2.13. The van der Waals surface area contributed by atoms with E-state index < -0.39 is 9.84 Å². The fourth-order valence-electron chi connectivity index (χ4n) is 1.68. The number of nitrogens with zero attached hydrogens (tertiary/aromatic N) is 1. The van der Waals surface area contributed by atoms with Crippen LogP contribution >= 0.6 is 23.4 Å². The van der Waals surface area contributed by atoms with Crippen molar-refractivity contribution in [2.75, 3.05) is 11.7 Å². The van der Waals surface area contributed by atoms with E-state index in [0.29, 0.717) is 10.7 Å². The molecule has 0 aliphatic heterocycles. The summed E-state index contributed by atoms with van der Waals surface area (Å²) in [7, 11) is -3.24. The molecule has 2 aromatic carbocycles. The van der Waals surface area contributed by atoms with Crippen LogP contribution in [0.15, 0.2) is 63.4 Å². The third kappa shape index (κ3) is 5.36. The number of hydrogen-bond donors (Lipinski definition) is 1. The summed E-state index contributed by atoms with van der Waals surface area (Å²) < 4.78 is 22.8. The van der Waals surface area contributed by atoms with E-state index >= 15 is 0 Å². The molecular formula is C16H15ClN2O3S2. The summed E-state index contributed by atoms with van der Waals surface area (Å²) in [6.45, 7) is 1.43. The molecule has 1 N–H and O–H groups in total. The van der Waals surface area contributed by atoms with Gasteiger partial charge in [-0.3, -0.25) is 10.2 Å². The minimum Gasteiger partial charge on any atom is -0.292 e. The molecule has 0 aliphatic carbocycles. The molecule has 0 aliphatic rings. The number of hydrazone groups is 1. The highest BCUT2D eigenvalue weighted by atomic mass is 35.5. The molecule has 2 rings (SSSR count). The maximum atomic E-state index is 11.7. The Labute approximate surface area is 150 Å². The normalized spacial score (nSPS) is 12.0. The maximum absolute atomic E-state index is 11.7. The van der Waals surface area contributed by atoms with E-state index in [1.165, 1.54) is 30.8 Å². The third-order valence-electron chi connectivity index (χ3n) is 2.90. The summed E-state index contributed by atoms with van der Waals surface area (Å²) in [6.07, 6.45) is 1.14. The largest absolute Gasteiger partial charge is 0.292 e. The molecule has 0 saturated carbocycles. The predicted molar refractivity (Wildman–Crippen MR) is 98.6 cm³/mol. The number of anilines is 1. The van der Waals surface area contributed by atoms with Gasteiger partial charge in [-0.05, 0) is 48.5 Å². The topological polar surface area (TPSA) is 75.6 Å². The minimum absolute atomic E-state index is 0.185. The van der Waals surface area contributed by atoms with E-state index in [9.17, 15) is 13.2 Å². The monoisotopic (exact) mass is 382 g/mol. The zero-order chi connectivity index (χ0) is 17.7. The number of nitrogens with one attached hydrogen (secondary N) is 1. The number of halogens is 1. The van der Waals surface area contributed by atoms with Crippen LogP contribution in [0.4, 0.5) is 5.69 Å². The van der Waals surface area contributed by atoms with Gasteiger partial charge in [0.05, 0.1) is 10.6 Å². The van der Waals surface area contributed by atoms with Gasteiger partial charge < -0.3 is 0 Å². The lowest BCUT2D eigenvalue weighted by Crippen LogP contribution is -2.08. The number of hydrogen-bond acceptors (Lipinski definition) is 6. The van der Waals surface area contributed by atoms with Gasteiger partial charge in [0, 0.05) is 23.1 Å². The summed E-state index contributed by atoms with van der Waals surface area (Å²) in [4.78, 5) is 12.8. The standard InChI is InChI=1S/C16H15ClN2O3S2/c1-11(20)16(23-14-7-3-12(17)4-8-14)19-18-13-5-9-15(10-6-13)24(2,21)22/h3-10,18H,1-2H3/b19-16+. The van der Waals surface area contributed by atoms with Crippen molar-refractivity contribution < 1.29 is 13.2 Å². The van der Waals surface area contributed by atoms with Crippen LogP contribution in [0, 0.1) is 0 Å². The zero-order valence-corrected chi connectivity index (χ0v) is 15.4. The molecule has 0 amide bonds. The smallest absolute Gasteiger partial charge is 0.186 e. The van der Waals surface area contributed by atoms with E-state index in [0.717, 1.165) is 11.2 Å². The Bertz CT molecular complexity index is 861. The molecule has 0 saturated heterocycles. The Morgan fingerprint density at radius 3 is 2.17 bits per heavy atom. The second-order valence-corrected chi connectivity index (χ2v) is 8.45. The van der Waals surface area contributed by atoms with Crippen LogP contribution in [0.3, 0.4) is 0 Å². The fourth-order valence-corrected chi connectivity index (χ4v) is 3.17. The number of ketones is 1. The number of carbonyl (C=O) groups excluding carboxylic acids is 1. The minimum atomic E-state index is -3.24. The SMILES string of the molecule is CC(=O)/C(=N\Nc1ccc(S(C)(=O)=O)cc1)Sc1ccc(Cl)cc1. The highest BCUT2D eigenvalue weighted by Gasteiger charge is 2.09. The summed E-state index contributed by atoms with van der Waals surface area (Å²) in [5.41, 5.74) is 3.34. The van der Waals surface area contributed by atoms with Gasteiger partial charge in [-0.15, -0.1) is 0 Å². The zero-order valence-electron chi connectivity index (χ0n) is 13.0. The van der Waals surface area contributed by atoms with E-state index in [4.69, 9.17) is 11.6 Å². The molecule has 8 heteroatoms. The molecule has 0 spiro atoms. The number of thioether (sulfide) groups is 1. The highest BCUT2D eigenvalue weighted by molar-refractivity contribution is 8.15. The van der Waals surface area contributed by atoms with Crippen LogP contribution in [-0.2, 0) is 14.6 Å². The van der Waals surface area contributed by atoms with Crippen molar-refractivity contribution in [3.8, 4) is 0 Å². The van der Waals surface area contributed by atoms with Crippen LogP contribution in [0.1, 0.15) is 6.92 Å². The molecule has 126 valence electrons. The second kappa shape index (κ2) is 7.83. The summed E-state index contributed by atoms with van der Waals surface area (Å²) >= 11 is 7.05. The first-order valence-electron chi connectivity index (χ1n) is 6.84. The molecule has 0 heterocycles. The van der Waals surface area contributed by atoms with Gasteiger partial charge in [-0.1, -0.05) is 23.4 Å². The van der Waals surface area contributed by atoms with Crippen LogP contribution < -0.4 is 5.43 Å². The lowest BCUT2D eigenvalue weighted by molar-refractivity contribution is -0.110. The first-order valence-corrected chi connectivity index (χ1v) is 9.92. The van der Waals surface area contributed by atoms with Crippen molar-refractivity contribution in [1.29, 1.82) is 0 Å². The van der Waals surface area contributed by atoms with E-state index in [1.54, 1.807) is 36.4 Å². The predicted octanol–water partition coefficient (Wildman–Crippen LogP) is 3.85. The van der Waals surface area contributed by atoms with Crippen LogP contribution in [0.2, 0.25) is 5.02 Å². The van der Waals surface area contributed by atoms with Gasteiger partial charge in [0.15, 0.2) is 20.7 Å².